The summed E-state index contributed by atoms with van der Waals surface area (Å²) in [6, 6.07) is -3.33. The topological polar surface area (TPSA) is 206 Å². The van der Waals surface area contributed by atoms with Crippen LogP contribution in [0, 0.1) is 5.92 Å². The van der Waals surface area contributed by atoms with Gasteiger partial charge in [0.1, 0.15) is 18.1 Å². The fourth-order valence-corrected chi connectivity index (χ4v) is 4.89. The molecule has 0 saturated carbocycles. The Morgan fingerprint density at radius 3 is 1.90 bits per heavy atom. The third-order valence-electron chi connectivity index (χ3n) is 6.38. The van der Waals surface area contributed by atoms with Crippen molar-refractivity contribution in [1.29, 1.82) is 0 Å². The summed E-state index contributed by atoms with van der Waals surface area (Å²) in [6.45, 7) is 7.39. The number of hydrogen-bond acceptors (Lipinski definition) is 8. The largest absolute Gasteiger partial charge is 0.369 e. The Balaban J connectivity index is 5.88. The van der Waals surface area contributed by atoms with Gasteiger partial charge in [0, 0.05) is 12.8 Å². The van der Waals surface area contributed by atoms with Crippen LogP contribution >= 0.6 is 11.8 Å². The average Bonchev–Trinajstić information content (AvgIpc) is 2.90. The van der Waals surface area contributed by atoms with E-state index >= 15 is 0 Å². The van der Waals surface area contributed by atoms with Gasteiger partial charge in [-0.15, -0.1) is 11.8 Å². The zero-order chi connectivity index (χ0) is 31.5. The van der Waals surface area contributed by atoms with Crippen molar-refractivity contribution < 1.29 is 28.8 Å². The van der Waals surface area contributed by atoms with Gasteiger partial charge in [-0.05, 0) is 32.2 Å². The summed E-state index contributed by atoms with van der Waals surface area (Å²) >= 11 is 1.04. The average molecular weight is 602 g/mol. The SMILES string of the molecule is CCCC[C@H](NC)C(=O)N(C)[C@@H](CCCC)C(=O)N[C@@H](CC(C)C)C(=O)N[C@@H](CSCC(N)=O)C(=O)NCC(N)=O. The summed E-state index contributed by atoms with van der Waals surface area (Å²) in [7, 11) is 3.32. The van der Waals surface area contributed by atoms with Crippen LogP contribution in [0.1, 0.15) is 72.6 Å². The smallest absolute Gasteiger partial charge is 0.243 e. The summed E-state index contributed by atoms with van der Waals surface area (Å²) in [5, 5.41) is 10.8. The molecule has 0 aliphatic rings. The van der Waals surface area contributed by atoms with E-state index in [1.807, 2.05) is 27.7 Å². The molecule has 0 radical (unpaired) electrons. The highest BCUT2D eigenvalue weighted by molar-refractivity contribution is 8.00. The monoisotopic (exact) mass is 601 g/mol. The molecule has 236 valence electrons. The minimum absolute atomic E-state index is 0.00114. The molecule has 8 N–H and O–H groups in total. The summed E-state index contributed by atoms with van der Waals surface area (Å²) in [4.78, 5) is 76.6. The molecule has 14 heteroatoms. The minimum atomic E-state index is -1.12. The van der Waals surface area contributed by atoms with Crippen molar-refractivity contribution in [3.05, 3.63) is 0 Å². The molecular weight excluding hydrogens is 550 g/mol. The Labute approximate surface area is 248 Å². The van der Waals surface area contributed by atoms with Gasteiger partial charge >= 0.3 is 0 Å². The number of carbonyl (C=O) groups excluding carboxylic acids is 6. The van der Waals surface area contributed by atoms with Crippen LogP contribution < -0.4 is 32.7 Å². The van der Waals surface area contributed by atoms with Crippen molar-refractivity contribution >= 4 is 47.2 Å². The Hall–Kier alpha value is -2.87. The van der Waals surface area contributed by atoms with Crippen LogP contribution in [0.15, 0.2) is 0 Å². The van der Waals surface area contributed by atoms with Gasteiger partial charge in [0.05, 0.1) is 18.3 Å². The molecule has 41 heavy (non-hydrogen) atoms. The van der Waals surface area contributed by atoms with E-state index in [-0.39, 0.29) is 29.8 Å². The van der Waals surface area contributed by atoms with Crippen LogP contribution in [-0.2, 0) is 28.8 Å². The molecule has 6 amide bonds. The minimum Gasteiger partial charge on any atom is -0.369 e. The molecule has 0 heterocycles. The number of nitrogens with two attached hydrogens (primary N) is 2. The van der Waals surface area contributed by atoms with Crippen molar-refractivity contribution in [3.8, 4) is 0 Å². The molecule has 0 fully saturated rings. The van der Waals surface area contributed by atoms with Crippen LogP contribution in [0.25, 0.3) is 0 Å². The van der Waals surface area contributed by atoms with Crippen molar-refractivity contribution in [3.63, 3.8) is 0 Å². The number of thioether (sulfide) groups is 1. The second kappa shape index (κ2) is 20.9. The first-order valence-electron chi connectivity index (χ1n) is 14.3. The lowest BCUT2D eigenvalue weighted by atomic mass is 10.0. The Bertz CT molecular complexity index is 873. The summed E-state index contributed by atoms with van der Waals surface area (Å²) in [5.74, 6) is -3.34. The molecule has 4 atom stereocenters. The maximum Gasteiger partial charge on any atom is 0.243 e. The van der Waals surface area contributed by atoms with Gasteiger partial charge < -0.3 is 37.6 Å². The highest BCUT2D eigenvalue weighted by Crippen LogP contribution is 2.14. The lowest BCUT2D eigenvalue weighted by Crippen LogP contribution is -2.59. The predicted molar refractivity (Wildman–Crippen MR) is 160 cm³/mol. The van der Waals surface area contributed by atoms with E-state index in [2.05, 4.69) is 21.3 Å². The number of hydrogen-bond donors (Lipinski definition) is 6. The van der Waals surface area contributed by atoms with E-state index in [1.54, 1.807) is 14.1 Å². The quantitative estimate of drug-likeness (QED) is 0.0962. The molecule has 0 rings (SSSR count). The third-order valence-corrected chi connectivity index (χ3v) is 7.44. The molecular formula is C27H51N7O6S. The van der Waals surface area contributed by atoms with Gasteiger partial charge in [-0.3, -0.25) is 28.8 Å². The van der Waals surface area contributed by atoms with E-state index in [4.69, 9.17) is 11.5 Å². The van der Waals surface area contributed by atoms with E-state index in [1.165, 1.54) is 4.90 Å². The number of rotatable bonds is 22. The summed E-state index contributed by atoms with van der Waals surface area (Å²) < 4.78 is 0. The van der Waals surface area contributed by atoms with Crippen LogP contribution in [0.2, 0.25) is 0 Å². The van der Waals surface area contributed by atoms with Crippen molar-refractivity contribution in [1.82, 2.24) is 26.2 Å². The van der Waals surface area contributed by atoms with Gasteiger partial charge in [0.2, 0.25) is 35.4 Å². The lowest BCUT2D eigenvalue weighted by Gasteiger charge is -2.32. The standard InChI is InChI=1S/C27H51N7O6S/c1-7-9-11-18(30-5)27(40)34(6)21(12-10-8-2)26(39)32-19(13-17(3)4)25(38)33-20(15-41-16-23(29)36)24(37)31-14-22(28)35/h17-21,30H,7-16H2,1-6H3,(H2,28,35)(H2,29,36)(H,31,37)(H,32,39)(H,33,38)/t18-,19-,20-,21-/m0/s1. The number of amides is 6. The fourth-order valence-electron chi connectivity index (χ4n) is 4.10. The Morgan fingerprint density at radius 2 is 1.39 bits per heavy atom. The number of nitrogens with zero attached hydrogens (tertiary/aromatic N) is 1. The highest BCUT2D eigenvalue weighted by atomic mass is 32.2. The van der Waals surface area contributed by atoms with Crippen molar-refractivity contribution in [2.45, 2.75) is 96.8 Å². The van der Waals surface area contributed by atoms with Crippen molar-refractivity contribution in [2.24, 2.45) is 17.4 Å². The number of unbranched alkanes of at least 4 members (excludes halogenated alkanes) is 2. The highest BCUT2D eigenvalue weighted by Gasteiger charge is 2.33. The number of carbonyl (C=O) groups is 6. The number of primary amides is 2. The van der Waals surface area contributed by atoms with E-state index in [0.717, 1.165) is 31.0 Å². The molecule has 0 unspecified atom stereocenters. The zero-order valence-corrected chi connectivity index (χ0v) is 26.2. The van der Waals surface area contributed by atoms with Crippen LogP contribution in [0.4, 0.5) is 0 Å². The zero-order valence-electron chi connectivity index (χ0n) is 25.4. The first kappa shape index (κ1) is 38.1. The second-order valence-corrected chi connectivity index (χ2v) is 11.5. The van der Waals surface area contributed by atoms with Gasteiger partial charge in [-0.25, -0.2) is 0 Å². The molecule has 0 bridgehead atoms. The Morgan fingerprint density at radius 1 is 0.805 bits per heavy atom. The van der Waals surface area contributed by atoms with Gasteiger partial charge in [-0.1, -0.05) is 53.4 Å². The second-order valence-electron chi connectivity index (χ2n) is 10.5. The fraction of sp³-hybridized carbons (Fsp3) is 0.778. The first-order valence-corrected chi connectivity index (χ1v) is 15.4. The van der Waals surface area contributed by atoms with Gasteiger partial charge in [-0.2, -0.15) is 0 Å². The maximum absolute atomic E-state index is 13.6. The lowest BCUT2D eigenvalue weighted by molar-refractivity contribution is -0.142. The van der Waals surface area contributed by atoms with E-state index in [9.17, 15) is 28.8 Å². The molecule has 0 saturated heterocycles. The molecule has 0 aromatic rings. The third kappa shape index (κ3) is 15.6. The normalized spacial score (nSPS) is 13.9. The molecule has 0 aromatic heterocycles. The molecule has 0 aromatic carbocycles. The summed E-state index contributed by atoms with van der Waals surface area (Å²) in [5.41, 5.74) is 10.3. The van der Waals surface area contributed by atoms with Crippen LogP contribution in [-0.4, -0.2) is 96.7 Å². The number of nitrogens with one attached hydrogen (secondary N) is 4. The summed E-state index contributed by atoms with van der Waals surface area (Å²) in [6.07, 6.45) is 4.65. The predicted octanol–water partition coefficient (Wildman–Crippen LogP) is -0.382. The number of likely N-dealkylation sites (N-methyl/N-ethyl adjacent to an activating group) is 2. The Kier molecular flexibility index (Phi) is 19.5. The first-order chi connectivity index (χ1) is 19.3. The van der Waals surface area contributed by atoms with E-state index in [0.29, 0.717) is 19.3 Å². The maximum atomic E-state index is 13.6. The molecule has 13 nitrogen and oxygen atoms in total. The molecule has 0 aliphatic carbocycles. The van der Waals surface area contributed by atoms with Crippen molar-refractivity contribution in [2.75, 3.05) is 32.1 Å². The van der Waals surface area contributed by atoms with E-state index < -0.39 is 60.2 Å². The van der Waals surface area contributed by atoms with Gasteiger partial charge in [0.25, 0.3) is 0 Å². The van der Waals surface area contributed by atoms with Crippen LogP contribution in [0.5, 0.6) is 0 Å². The van der Waals surface area contributed by atoms with Gasteiger partial charge in [0.15, 0.2) is 0 Å². The molecule has 0 aliphatic heterocycles. The molecule has 0 spiro atoms. The van der Waals surface area contributed by atoms with Crippen LogP contribution in [0.3, 0.4) is 0 Å².